The number of hydrogen-bond acceptors (Lipinski definition) is 4. The zero-order valence-electron chi connectivity index (χ0n) is 13.0. The van der Waals surface area contributed by atoms with Gasteiger partial charge in [0.1, 0.15) is 0 Å². The molecule has 0 atom stereocenters. The maximum absolute atomic E-state index is 12.3. The Bertz CT molecular complexity index is 689. The highest BCUT2D eigenvalue weighted by molar-refractivity contribution is 9.10. The molecule has 1 amide bonds. The van der Waals surface area contributed by atoms with Crippen LogP contribution in [0.15, 0.2) is 16.6 Å². The van der Waals surface area contributed by atoms with Crippen molar-refractivity contribution < 1.29 is 13.2 Å². The Kier molecular flexibility index (Phi) is 6.88. The summed E-state index contributed by atoms with van der Waals surface area (Å²) < 4.78 is 25.2. The molecule has 3 N–H and O–H groups in total. The molecular formula is C14H21BrClN3O3S. The average molecular weight is 427 g/mol. The third-order valence-corrected chi connectivity index (χ3v) is 5.66. The van der Waals surface area contributed by atoms with Crippen molar-refractivity contribution >= 4 is 55.6 Å². The Balaban J connectivity index is 0.00000264. The van der Waals surface area contributed by atoms with Crippen molar-refractivity contribution in [3.8, 4) is 0 Å². The van der Waals surface area contributed by atoms with E-state index in [1.54, 1.807) is 6.07 Å². The van der Waals surface area contributed by atoms with Gasteiger partial charge in [-0.15, -0.1) is 12.4 Å². The van der Waals surface area contributed by atoms with Crippen LogP contribution in [0.4, 0.5) is 11.4 Å². The molecule has 9 heteroatoms. The van der Waals surface area contributed by atoms with Crippen LogP contribution in [-0.2, 0) is 14.8 Å². The van der Waals surface area contributed by atoms with E-state index in [0.29, 0.717) is 37.3 Å². The Morgan fingerprint density at radius 3 is 2.43 bits per heavy atom. The van der Waals surface area contributed by atoms with E-state index < -0.39 is 10.0 Å². The summed E-state index contributed by atoms with van der Waals surface area (Å²) in [6.07, 6.45) is 2.23. The lowest BCUT2D eigenvalue weighted by Crippen LogP contribution is -2.40. The maximum Gasteiger partial charge on any atom is 0.227 e. The van der Waals surface area contributed by atoms with Crippen LogP contribution in [0.3, 0.4) is 0 Å². The van der Waals surface area contributed by atoms with E-state index in [4.69, 9.17) is 5.73 Å². The van der Waals surface area contributed by atoms with Crippen LogP contribution in [-0.4, -0.2) is 38.0 Å². The van der Waals surface area contributed by atoms with Crippen LogP contribution in [0.1, 0.15) is 18.4 Å². The van der Waals surface area contributed by atoms with Gasteiger partial charge in [0.2, 0.25) is 15.9 Å². The van der Waals surface area contributed by atoms with Gasteiger partial charge in [-0.25, -0.2) is 12.7 Å². The van der Waals surface area contributed by atoms with Crippen molar-refractivity contribution in [1.29, 1.82) is 0 Å². The zero-order chi connectivity index (χ0) is 16.5. The van der Waals surface area contributed by atoms with E-state index in [0.717, 1.165) is 10.0 Å². The van der Waals surface area contributed by atoms with Gasteiger partial charge in [0.05, 0.1) is 17.6 Å². The number of nitrogens with two attached hydrogens (primary N) is 1. The number of anilines is 2. The fourth-order valence-electron chi connectivity index (χ4n) is 2.54. The molecule has 0 bridgehead atoms. The standard InChI is InChI=1S/C14H20BrN3O3S.ClH/c1-9-7-11(15)8-12(13(9)16)17-14(19)10-3-5-18(6-4-10)22(2,20)21;/h7-8,10H,3-6,16H2,1-2H3,(H,17,19);1H. The van der Waals surface area contributed by atoms with Gasteiger partial charge in [-0.2, -0.15) is 0 Å². The van der Waals surface area contributed by atoms with Crippen LogP contribution in [0.5, 0.6) is 0 Å². The number of nitrogens with one attached hydrogen (secondary N) is 1. The normalized spacial score (nSPS) is 16.7. The van der Waals surface area contributed by atoms with E-state index in [2.05, 4.69) is 21.2 Å². The molecule has 1 aromatic carbocycles. The number of halogens is 2. The van der Waals surface area contributed by atoms with Gasteiger partial charge in [0.15, 0.2) is 0 Å². The van der Waals surface area contributed by atoms with E-state index in [9.17, 15) is 13.2 Å². The van der Waals surface area contributed by atoms with Crippen molar-refractivity contribution in [2.24, 2.45) is 5.92 Å². The summed E-state index contributed by atoms with van der Waals surface area (Å²) in [4.78, 5) is 12.3. The third kappa shape index (κ3) is 5.07. The summed E-state index contributed by atoms with van der Waals surface area (Å²) >= 11 is 3.38. The number of benzene rings is 1. The molecule has 0 radical (unpaired) electrons. The molecule has 1 heterocycles. The lowest BCUT2D eigenvalue weighted by Gasteiger charge is -2.29. The van der Waals surface area contributed by atoms with Gasteiger partial charge in [0.25, 0.3) is 0 Å². The van der Waals surface area contributed by atoms with Crippen molar-refractivity contribution in [1.82, 2.24) is 4.31 Å². The first-order valence-corrected chi connectivity index (χ1v) is 9.64. The van der Waals surface area contributed by atoms with Crippen LogP contribution < -0.4 is 11.1 Å². The topological polar surface area (TPSA) is 92.5 Å². The van der Waals surface area contributed by atoms with Crippen molar-refractivity contribution in [2.45, 2.75) is 19.8 Å². The Hall–Kier alpha value is -0.830. The summed E-state index contributed by atoms with van der Waals surface area (Å²) in [5, 5.41) is 2.85. The second-order valence-electron chi connectivity index (χ2n) is 5.61. The lowest BCUT2D eigenvalue weighted by molar-refractivity contribution is -0.120. The molecular weight excluding hydrogens is 406 g/mol. The van der Waals surface area contributed by atoms with Gasteiger partial charge in [-0.1, -0.05) is 15.9 Å². The monoisotopic (exact) mass is 425 g/mol. The smallest absolute Gasteiger partial charge is 0.227 e. The molecule has 1 saturated heterocycles. The van der Waals surface area contributed by atoms with Gasteiger partial charge < -0.3 is 11.1 Å². The second kappa shape index (κ2) is 7.83. The molecule has 130 valence electrons. The number of aryl methyl sites for hydroxylation is 1. The lowest BCUT2D eigenvalue weighted by atomic mass is 9.97. The SMILES string of the molecule is Cc1cc(Br)cc(NC(=O)C2CCN(S(C)(=O)=O)CC2)c1N.Cl. The van der Waals surface area contributed by atoms with Crippen molar-refractivity contribution in [3.63, 3.8) is 0 Å². The third-order valence-electron chi connectivity index (χ3n) is 3.90. The fraction of sp³-hybridized carbons (Fsp3) is 0.500. The largest absolute Gasteiger partial charge is 0.397 e. The van der Waals surface area contributed by atoms with E-state index in [1.807, 2.05) is 13.0 Å². The van der Waals surface area contributed by atoms with Crippen LogP contribution in [0, 0.1) is 12.8 Å². The van der Waals surface area contributed by atoms with Crippen molar-refractivity contribution in [2.75, 3.05) is 30.4 Å². The molecule has 1 aliphatic heterocycles. The Morgan fingerprint density at radius 1 is 1.35 bits per heavy atom. The number of carbonyl (C=O) groups excluding carboxylic acids is 1. The van der Waals surface area contributed by atoms with Crippen molar-refractivity contribution in [3.05, 3.63) is 22.2 Å². The van der Waals surface area contributed by atoms with Crippen LogP contribution >= 0.6 is 28.3 Å². The highest BCUT2D eigenvalue weighted by atomic mass is 79.9. The molecule has 0 aliphatic carbocycles. The Labute approximate surface area is 151 Å². The fourth-order valence-corrected chi connectivity index (χ4v) is 3.99. The number of rotatable bonds is 3. The molecule has 1 aromatic rings. The number of sulfonamides is 1. The maximum atomic E-state index is 12.3. The molecule has 23 heavy (non-hydrogen) atoms. The van der Waals surface area contributed by atoms with E-state index >= 15 is 0 Å². The molecule has 0 spiro atoms. The predicted molar refractivity (Wildman–Crippen MR) is 98.3 cm³/mol. The quantitative estimate of drug-likeness (QED) is 0.726. The van der Waals surface area contributed by atoms with Gasteiger partial charge in [0, 0.05) is 23.5 Å². The van der Waals surface area contributed by atoms with Gasteiger partial charge in [-0.3, -0.25) is 4.79 Å². The number of hydrogen-bond donors (Lipinski definition) is 2. The zero-order valence-corrected chi connectivity index (χ0v) is 16.2. The van der Waals surface area contributed by atoms with E-state index in [-0.39, 0.29) is 24.2 Å². The highest BCUT2D eigenvalue weighted by Crippen LogP contribution is 2.29. The molecule has 1 fully saturated rings. The number of piperidine rings is 1. The molecule has 6 nitrogen and oxygen atoms in total. The van der Waals surface area contributed by atoms with Gasteiger partial charge >= 0.3 is 0 Å². The first-order chi connectivity index (χ1) is 10.2. The van der Waals surface area contributed by atoms with E-state index in [1.165, 1.54) is 10.6 Å². The summed E-state index contributed by atoms with van der Waals surface area (Å²) in [5.74, 6) is -0.311. The number of amides is 1. The Morgan fingerprint density at radius 2 is 1.91 bits per heavy atom. The summed E-state index contributed by atoms with van der Waals surface area (Å²) in [5.41, 5.74) is 8.00. The molecule has 0 unspecified atom stereocenters. The molecule has 0 saturated carbocycles. The minimum absolute atomic E-state index is 0. The first kappa shape index (κ1) is 20.2. The predicted octanol–water partition coefficient (Wildman–Crippen LogP) is 2.37. The second-order valence-corrected chi connectivity index (χ2v) is 8.51. The first-order valence-electron chi connectivity index (χ1n) is 7.00. The minimum Gasteiger partial charge on any atom is -0.397 e. The summed E-state index contributed by atoms with van der Waals surface area (Å²) in [6, 6.07) is 3.65. The summed E-state index contributed by atoms with van der Waals surface area (Å²) in [7, 11) is -3.18. The van der Waals surface area contributed by atoms with Crippen LogP contribution in [0.2, 0.25) is 0 Å². The van der Waals surface area contributed by atoms with Crippen LogP contribution in [0.25, 0.3) is 0 Å². The number of nitrogens with zero attached hydrogens (tertiary/aromatic N) is 1. The van der Waals surface area contributed by atoms with Gasteiger partial charge in [-0.05, 0) is 37.5 Å². The highest BCUT2D eigenvalue weighted by Gasteiger charge is 2.29. The minimum atomic E-state index is -3.18. The molecule has 0 aromatic heterocycles. The average Bonchev–Trinajstić information content (AvgIpc) is 2.43. The number of nitrogen functional groups attached to an aromatic ring is 1. The molecule has 2 rings (SSSR count). The number of carbonyl (C=O) groups is 1. The molecule has 1 aliphatic rings. The summed E-state index contributed by atoms with van der Waals surface area (Å²) in [6.45, 7) is 2.63.